The van der Waals surface area contributed by atoms with Gasteiger partial charge in [-0.3, -0.25) is 9.59 Å². The van der Waals surface area contributed by atoms with Gasteiger partial charge in [0.25, 0.3) is 0 Å². The molecular formula is C23H28N4O3. The van der Waals surface area contributed by atoms with Crippen molar-refractivity contribution in [3.05, 3.63) is 36.2 Å². The average molecular weight is 409 g/mol. The van der Waals surface area contributed by atoms with Crippen LogP contribution in [0.3, 0.4) is 0 Å². The number of piperidine rings is 1. The summed E-state index contributed by atoms with van der Waals surface area (Å²) < 4.78 is 5.41. The molecule has 3 aliphatic rings. The molecule has 0 aliphatic carbocycles. The molecule has 3 saturated heterocycles. The summed E-state index contributed by atoms with van der Waals surface area (Å²) in [7, 11) is 0. The van der Waals surface area contributed by atoms with E-state index >= 15 is 0 Å². The van der Waals surface area contributed by atoms with Crippen LogP contribution in [-0.4, -0.2) is 70.5 Å². The number of likely N-dealkylation sites (tertiary alicyclic amines) is 2. The smallest absolute Gasteiger partial charge is 0.227 e. The first-order chi connectivity index (χ1) is 14.7. The summed E-state index contributed by atoms with van der Waals surface area (Å²) in [5.41, 5.74) is 1.85. The molecule has 2 amide bonds. The van der Waals surface area contributed by atoms with Crippen molar-refractivity contribution in [1.29, 1.82) is 0 Å². The number of carbonyl (C=O) groups is 2. The molecule has 3 fully saturated rings. The lowest BCUT2D eigenvalue weighted by Gasteiger charge is -2.34. The second-order valence-electron chi connectivity index (χ2n) is 8.68. The van der Waals surface area contributed by atoms with Gasteiger partial charge < -0.3 is 14.5 Å². The zero-order valence-corrected chi connectivity index (χ0v) is 17.2. The summed E-state index contributed by atoms with van der Waals surface area (Å²) in [6.45, 7) is 3.44. The first kappa shape index (κ1) is 19.4. The number of rotatable bonds is 3. The van der Waals surface area contributed by atoms with Gasteiger partial charge in [-0.25, -0.2) is 9.97 Å². The zero-order valence-electron chi connectivity index (χ0n) is 17.2. The van der Waals surface area contributed by atoms with Crippen molar-refractivity contribution in [2.45, 2.75) is 44.1 Å². The molecule has 0 saturated carbocycles. The van der Waals surface area contributed by atoms with Crippen LogP contribution in [0.5, 0.6) is 0 Å². The Hall–Kier alpha value is -2.54. The highest BCUT2D eigenvalue weighted by atomic mass is 16.5. The maximum absolute atomic E-state index is 13.1. The molecule has 2 aromatic heterocycles. The molecule has 5 rings (SSSR count). The van der Waals surface area contributed by atoms with Gasteiger partial charge in [0.05, 0.1) is 5.92 Å². The quantitative estimate of drug-likeness (QED) is 0.779. The molecule has 7 nitrogen and oxygen atoms in total. The molecule has 0 aromatic carbocycles. The number of nitrogens with zero attached hydrogens (tertiary/aromatic N) is 4. The Morgan fingerprint density at radius 2 is 1.87 bits per heavy atom. The van der Waals surface area contributed by atoms with Gasteiger partial charge in [-0.1, -0.05) is 0 Å². The highest BCUT2D eigenvalue weighted by molar-refractivity contribution is 5.89. The number of hydrogen-bond donors (Lipinski definition) is 0. The van der Waals surface area contributed by atoms with E-state index in [4.69, 9.17) is 9.72 Å². The monoisotopic (exact) mass is 408 g/mol. The molecule has 0 N–H and O–H groups in total. The topological polar surface area (TPSA) is 75.6 Å². The van der Waals surface area contributed by atoms with Crippen molar-refractivity contribution in [1.82, 2.24) is 19.8 Å². The fourth-order valence-corrected chi connectivity index (χ4v) is 5.10. The number of amides is 2. The number of aromatic nitrogens is 2. The van der Waals surface area contributed by atoms with E-state index in [9.17, 15) is 9.59 Å². The SMILES string of the molecule is O=C(C1CC(=O)N(C2CCOCC2)C1)N1CCC(c2ccc3cccnc3n2)CC1. The van der Waals surface area contributed by atoms with Gasteiger partial charge in [-0.05, 0) is 49.9 Å². The van der Waals surface area contributed by atoms with Gasteiger partial charge in [-0.2, -0.15) is 0 Å². The first-order valence-electron chi connectivity index (χ1n) is 11.1. The van der Waals surface area contributed by atoms with Gasteiger partial charge in [0, 0.05) is 68.5 Å². The summed E-state index contributed by atoms with van der Waals surface area (Å²) in [6.07, 6.45) is 5.70. The number of fused-ring (bicyclic) bond motifs is 1. The van der Waals surface area contributed by atoms with Crippen LogP contribution in [0.15, 0.2) is 30.5 Å². The van der Waals surface area contributed by atoms with Crippen molar-refractivity contribution in [3.63, 3.8) is 0 Å². The average Bonchev–Trinajstić information content (AvgIpc) is 3.20. The van der Waals surface area contributed by atoms with E-state index in [1.807, 2.05) is 21.9 Å². The van der Waals surface area contributed by atoms with Crippen LogP contribution < -0.4 is 0 Å². The minimum absolute atomic E-state index is 0.128. The predicted molar refractivity (Wildman–Crippen MR) is 112 cm³/mol. The summed E-state index contributed by atoms with van der Waals surface area (Å²) in [5.74, 6) is 0.428. The van der Waals surface area contributed by atoms with Crippen LogP contribution in [-0.2, 0) is 14.3 Å². The summed E-state index contributed by atoms with van der Waals surface area (Å²) >= 11 is 0. The Labute approximate surface area is 176 Å². The van der Waals surface area contributed by atoms with Crippen LogP contribution in [0, 0.1) is 5.92 Å². The van der Waals surface area contributed by atoms with Crippen LogP contribution in [0.4, 0.5) is 0 Å². The lowest BCUT2D eigenvalue weighted by atomic mass is 9.92. The van der Waals surface area contributed by atoms with E-state index in [0.29, 0.717) is 32.1 Å². The Balaban J connectivity index is 1.19. The van der Waals surface area contributed by atoms with Gasteiger partial charge in [-0.15, -0.1) is 0 Å². The van der Waals surface area contributed by atoms with E-state index in [-0.39, 0.29) is 23.8 Å². The highest BCUT2D eigenvalue weighted by Crippen LogP contribution is 2.31. The van der Waals surface area contributed by atoms with E-state index < -0.39 is 0 Å². The van der Waals surface area contributed by atoms with Crippen molar-refractivity contribution in [3.8, 4) is 0 Å². The van der Waals surface area contributed by atoms with Gasteiger partial charge in [0.2, 0.25) is 11.8 Å². The molecule has 0 bridgehead atoms. The van der Waals surface area contributed by atoms with E-state index in [2.05, 4.69) is 17.1 Å². The lowest BCUT2D eigenvalue weighted by molar-refractivity contribution is -0.136. The third kappa shape index (κ3) is 3.78. The zero-order chi connectivity index (χ0) is 20.5. The van der Waals surface area contributed by atoms with Crippen LogP contribution in [0.1, 0.15) is 43.7 Å². The largest absolute Gasteiger partial charge is 0.381 e. The van der Waals surface area contributed by atoms with Gasteiger partial charge in [0.15, 0.2) is 5.65 Å². The second-order valence-corrected chi connectivity index (χ2v) is 8.68. The standard InChI is InChI=1S/C23H28N4O3/c28-21-14-18(15-27(21)19-7-12-30-13-8-19)23(29)26-10-5-16(6-11-26)20-4-3-17-2-1-9-24-22(17)25-20/h1-4,9,16,18-19H,5-8,10-15H2. The molecule has 3 aliphatic heterocycles. The molecular weight excluding hydrogens is 380 g/mol. The summed E-state index contributed by atoms with van der Waals surface area (Å²) in [6, 6.07) is 8.35. The fraction of sp³-hybridized carbons (Fsp3) is 0.565. The fourth-order valence-electron chi connectivity index (χ4n) is 5.10. The summed E-state index contributed by atoms with van der Waals surface area (Å²) in [4.78, 5) is 38.6. The van der Waals surface area contributed by atoms with E-state index in [1.54, 1.807) is 6.20 Å². The third-order valence-electron chi connectivity index (χ3n) is 6.85. The molecule has 158 valence electrons. The van der Waals surface area contributed by atoms with Crippen molar-refractivity contribution in [2.75, 3.05) is 32.8 Å². The summed E-state index contributed by atoms with van der Waals surface area (Å²) in [5, 5.41) is 1.05. The molecule has 0 spiro atoms. The first-order valence-corrected chi connectivity index (χ1v) is 11.1. The Morgan fingerprint density at radius 3 is 2.67 bits per heavy atom. The molecule has 7 heteroatoms. The van der Waals surface area contributed by atoms with Crippen molar-refractivity contribution in [2.24, 2.45) is 5.92 Å². The van der Waals surface area contributed by atoms with Crippen LogP contribution in [0.25, 0.3) is 11.0 Å². The second kappa shape index (κ2) is 8.30. The maximum atomic E-state index is 13.1. The van der Waals surface area contributed by atoms with Gasteiger partial charge in [0.1, 0.15) is 0 Å². The molecule has 30 heavy (non-hydrogen) atoms. The molecule has 2 aromatic rings. The normalized spacial score (nSPS) is 24.0. The number of hydrogen-bond acceptors (Lipinski definition) is 5. The van der Waals surface area contributed by atoms with E-state index in [0.717, 1.165) is 55.5 Å². The lowest BCUT2D eigenvalue weighted by Crippen LogP contribution is -2.44. The molecule has 5 heterocycles. The van der Waals surface area contributed by atoms with E-state index in [1.165, 1.54) is 0 Å². The Morgan fingerprint density at radius 1 is 1.07 bits per heavy atom. The predicted octanol–water partition coefficient (Wildman–Crippen LogP) is 2.36. The minimum atomic E-state index is -0.195. The van der Waals surface area contributed by atoms with Gasteiger partial charge >= 0.3 is 0 Å². The maximum Gasteiger partial charge on any atom is 0.227 e. The number of ether oxygens (including phenoxy) is 1. The highest BCUT2D eigenvalue weighted by Gasteiger charge is 2.40. The minimum Gasteiger partial charge on any atom is -0.381 e. The van der Waals surface area contributed by atoms with Crippen LogP contribution in [0.2, 0.25) is 0 Å². The molecule has 1 atom stereocenters. The third-order valence-corrected chi connectivity index (χ3v) is 6.85. The molecule has 0 radical (unpaired) electrons. The Kier molecular flexibility index (Phi) is 5.37. The van der Waals surface area contributed by atoms with Crippen LogP contribution >= 0.6 is 0 Å². The molecule has 1 unspecified atom stereocenters. The van der Waals surface area contributed by atoms with Crippen molar-refractivity contribution < 1.29 is 14.3 Å². The van der Waals surface area contributed by atoms with Crippen molar-refractivity contribution >= 4 is 22.8 Å². The Bertz CT molecular complexity index is 935. The number of pyridine rings is 2. The number of carbonyl (C=O) groups excluding carboxylic acids is 2.